The van der Waals surface area contributed by atoms with Crippen molar-refractivity contribution in [2.45, 2.75) is 65.3 Å². The third kappa shape index (κ3) is 3.54. The van der Waals surface area contributed by atoms with Crippen LogP contribution in [-0.2, 0) is 0 Å². The quantitative estimate of drug-likeness (QED) is 0.676. The van der Waals surface area contributed by atoms with E-state index in [4.69, 9.17) is 0 Å². The minimum atomic E-state index is -0.278. The molecule has 6 heteroatoms. The monoisotopic (exact) mass is 423 g/mol. The first-order valence-electron chi connectivity index (χ1n) is 11.8. The van der Waals surface area contributed by atoms with Gasteiger partial charge in [-0.2, -0.15) is 0 Å². The van der Waals surface area contributed by atoms with Crippen molar-refractivity contribution in [2.24, 2.45) is 29.1 Å². The number of benzene rings is 1. The number of nitrogens with one attached hydrogen (secondary N) is 2. The van der Waals surface area contributed by atoms with Gasteiger partial charge in [0.25, 0.3) is 11.8 Å². The summed E-state index contributed by atoms with van der Waals surface area (Å²) in [7, 11) is 0. The van der Waals surface area contributed by atoms with Crippen LogP contribution in [0.5, 0.6) is 0 Å². The fourth-order valence-corrected chi connectivity index (χ4v) is 7.12. The lowest BCUT2D eigenvalue weighted by molar-refractivity contribution is -0.0679. The molecule has 6 nitrogen and oxygen atoms in total. The predicted octanol–water partition coefficient (Wildman–Crippen LogP) is 4.67. The highest BCUT2D eigenvalue weighted by molar-refractivity contribution is 6.21. The van der Waals surface area contributed by atoms with Gasteiger partial charge in [0.1, 0.15) is 0 Å². The topological polar surface area (TPSA) is 78.5 Å². The molecular weight excluding hydrogens is 390 g/mol. The normalized spacial score (nSPS) is 31.9. The summed E-state index contributed by atoms with van der Waals surface area (Å²) in [4.78, 5) is 39.3. The molecule has 1 atom stereocenters. The maximum Gasteiger partial charge on any atom is 0.319 e. The summed E-state index contributed by atoms with van der Waals surface area (Å²) in [6, 6.07) is 4.87. The summed E-state index contributed by atoms with van der Waals surface area (Å²) in [5.74, 6) is 2.20. The van der Waals surface area contributed by atoms with E-state index in [9.17, 15) is 14.4 Å². The molecule has 0 aromatic heterocycles. The minimum absolute atomic E-state index is 0.125. The zero-order valence-electron chi connectivity index (χ0n) is 18.7. The Morgan fingerprint density at radius 1 is 1.00 bits per heavy atom. The molecule has 1 aliphatic heterocycles. The number of rotatable bonds is 5. The van der Waals surface area contributed by atoms with Gasteiger partial charge in [-0.25, -0.2) is 4.79 Å². The smallest absolute Gasteiger partial charge is 0.319 e. The zero-order chi connectivity index (χ0) is 21.9. The van der Waals surface area contributed by atoms with Crippen molar-refractivity contribution in [1.82, 2.24) is 10.2 Å². The molecule has 0 spiro atoms. The van der Waals surface area contributed by atoms with Crippen LogP contribution in [0.1, 0.15) is 80.0 Å². The number of carbonyl (C=O) groups excluding carboxylic acids is 3. The Hall–Kier alpha value is -2.37. The third-order valence-corrected chi connectivity index (χ3v) is 8.13. The Morgan fingerprint density at radius 2 is 1.58 bits per heavy atom. The lowest BCUT2D eigenvalue weighted by Crippen LogP contribution is -2.56. The number of hydrogen-bond donors (Lipinski definition) is 2. The van der Waals surface area contributed by atoms with Gasteiger partial charge in [0.05, 0.1) is 11.1 Å². The molecule has 1 heterocycles. The first-order valence-corrected chi connectivity index (χ1v) is 11.8. The zero-order valence-corrected chi connectivity index (χ0v) is 18.7. The summed E-state index contributed by atoms with van der Waals surface area (Å²) in [6.07, 6.45) is 7.86. The SMILES string of the molecule is CC(C)CN1C(=O)c2ccc(NC(=O)NC(C)C34CC5CC(CC(C5)C3)C4)cc2C1=O. The van der Waals surface area contributed by atoms with E-state index >= 15 is 0 Å². The van der Waals surface area contributed by atoms with Gasteiger partial charge < -0.3 is 10.6 Å². The second kappa shape index (κ2) is 7.35. The molecule has 2 N–H and O–H groups in total. The van der Waals surface area contributed by atoms with Crippen LogP contribution >= 0.6 is 0 Å². The van der Waals surface area contributed by atoms with Crippen molar-refractivity contribution in [3.05, 3.63) is 29.3 Å². The Labute approximate surface area is 184 Å². The van der Waals surface area contributed by atoms with E-state index in [1.807, 2.05) is 13.8 Å². The Bertz CT molecular complexity index is 903. The maximum atomic E-state index is 12.8. The van der Waals surface area contributed by atoms with Crippen LogP contribution in [0.15, 0.2) is 18.2 Å². The number of hydrogen-bond acceptors (Lipinski definition) is 3. The Morgan fingerprint density at radius 3 is 2.16 bits per heavy atom. The summed E-state index contributed by atoms with van der Waals surface area (Å²) >= 11 is 0. The molecule has 4 saturated carbocycles. The molecule has 166 valence electrons. The highest BCUT2D eigenvalue weighted by Gasteiger charge is 2.53. The molecule has 6 rings (SSSR count). The molecule has 4 bridgehead atoms. The van der Waals surface area contributed by atoms with Gasteiger partial charge in [-0.3, -0.25) is 14.5 Å². The van der Waals surface area contributed by atoms with Crippen molar-refractivity contribution in [2.75, 3.05) is 11.9 Å². The van der Waals surface area contributed by atoms with Gasteiger partial charge in [0.2, 0.25) is 0 Å². The second-order valence-corrected chi connectivity index (χ2v) is 11.0. The van der Waals surface area contributed by atoms with Crippen molar-refractivity contribution >= 4 is 23.5 Å². The molecule has 4 aliphatic carbocycles. The van der Waals surface area contributed by atoms with E-state index in [0.717, 1.165) is 17.8 Å². The van der Waals surface area contributed by atoms with Crippen LogP contribution < -0.4 is 10.6 Å². The number of amides is 4. The molecule has 1 unspecified atom stereocenters. The molecule has 1 aromatic carbocycles. The number of nitrogens with zero attached hydrogens (tertiary/aromatic N) is 1. The summed E-state index contributed by atoms with van der Waals surface area (Å²) in [5, 5.41) is 6.09. The predicted molar refractivity (Wildman–Crippen MR) is 119 cm³/mol. The highest BCUT2D eigenvalue weighted by atomic mass is 16.2. The molecule has 0 saturated heterocycles. The number of imide groups is 1. The fraction of sp³-hybridized carbons (Fsp3) is 0.640. The highest BCUT2D eigenvalue weighted by Crippen LogP contribution is 2.61. The Balaban J connectivity index is 1.25. The summed E-state index contributed by atoms with van der Waals surface area (Å²) in [6.45, 7) is 6.51. The van der Waals surface area contributed by atoms with E-state index in [2.05, 4.69) is 17.6 Å². The maximum absolute atomic E-state index is 12.8. The number of anilines is 1. The van der Waals surface area contributed by atoms with Crippen molar-refractivity contribution < 1.29 is 14.4 Å². The lowest BCUT2D eigenvalue weighted by atomic mass is 9.48. The van der Waals surface area contributed by atoms with Crippen molar-refractivity contribution in [3.8, 4) is 0 Å². The average Bonchev–Trinajstić information content (AvgIpc) is 2.91. The van der Waals surface area contributed by atoms with Gasteiger partial charge >= 0.3 is 6.03 Å². The first kappa shape index (κ1) is 20.5. The molecule has 0 radical (unpaired) electrons. The average molecular weight is 424 g/mol. The van der Waals surface area contributed by atoms with Crippen LogP contribution in [0, 0.1) is 29.1 Å². The Kier molecular flexibility index (Phi) is 4.87. The molecule has 4 amide bonds. The van der Waals surface area contributed by atoms with Gasteiger partial charge in [0.15, 0.2) is 0 Å². The van der Waals surface area contributed by atoms with E-state index in [-0.39, 0.29) is 35.2 Å². The van der Waals surface area contributed by atoms with E-state index in [0.29, 0.717) is 23.4 Å². The second-order valence-electron chi connectivity index (χ2n) is 11.0. The van der Waals surface area contributed by atoms with Gasteiger partial charge in [0, 0.05) is 18.3 Å². The minimum Gasteiger partial charge on any atom is -0.335 e. The van der Waals surface area contributed by atoms with Gasteiger partial charge in [-0.05, 0) is 92.7 Å². The van der Waals surface area contributed by atoms with E-state index < -0.39 is 0 Å². The largest absolute Gasteiger partial charge is 0.335 e. The molecule has 1 aromatic rings. The molecule has 5 aliphatic rings. The summed E-state index contributed by atoms with van der Waals surface area (Å²) < 4.78 is 0. The van der Waals surface area contributed by atoms with E-state index in [1.165, 1.54) is 43.4 Å². The number of carbonyl (C=O) groups is 3. The number of urea groups is 1. The van der Waals surface area contributed by atoms with Gasteiger partial charge in [-0.1, -0.05) is 13.8 Å². The van der Waals surface area contributed by atoms with Crippen molar-refractivity contribution in [3.63, 3.8) is 0 Å². The van der Waals surface area contributed by atoms with Crippen LogP contribution in [0.3, 0.4) is 0 Å². The third-order valence-electron chi connectivity index (χ3n) is 8.13. The first-order chi connectivity index (χ1) is 14.7. The summed E-state index contributed by atoms with van der Waals surface area (Å²) in [5.41, 5.74) is 1.57. The van der Waals surface area contributed by atoms with E-state index in [1.54, 1.807) is 18.2 Å². The van der Waals surface area contributed by atoms with Crippen LogP contribution in [0.4, 0.5) is 10.5 Å². The molecular formula is C25H33N3O3. The van der Waals surface area contributed by atoms with Crippen LogP contribution in [0.2, 0.25) is 0 Å². The number of fused-ring (bicyclic) bond motifs is 1. The fourth-order valence-electron chi connectivity index (χ4n) is 7.12. The van der Waals surface area contributed by atoms with Crippen LogP contribution in [0.25, 0.3) is 0 Å². The molecule has 4 fully saturated rings. The van der Waals surface area contributed by atoms with Crippen molar-refractivity contribution in [1.29, 1.82) is 0 Å². The standard InChI is InChI=1S/C25H33N3O3/c1-14(2)13-28-22(29)20-5-4-19(9-21(20)23(28)30)27-24(31)26-15(3)25-10-16-6-17(11-25)8-18(7-16)12-25/h4-5,9,14-18H,6-8,10-13H2,1-3H3,(H2,26,27,31). The van der Waals surface area contributed by atoms with Crippen LogP contribution in [-0.4, -0.2) is 35.3 Å². The lowest BCUT2D eigenvalue weighted by Gasteiger charge is -2.59. The van der Waals surface area contributed by atoms with Gasteiger partial charge in [-0.15, -0.1) is 0 Å². The molecule has 31 heavy (non-hydrogen) atoms.